The van der Waals surface area contributed by atoms with E-state index in [1.165, 1.54) is 16.7 Å². The Kier molecular flexibility index (Phi) is 5.73. The number of benzene rings is 1. The van der Waals surface area contributed by atoms with Gasteiger partial charge < -0.3 is 9.80 Å². The lowest BCUT2D eigenvalue weighted by Crippen LogP contribution is -2.49. The number of piperazine rings is 1. The number of aryl methyl sites for hydroxylation is 3. The smallest absolute Gasteiger partial charge is 0.223 e. The fourth-order valence-electron chi connectivity index (χ4n) is 3.62. The minimum absolute atomic E-state index is 0.0297. The van der Waals surface area contributed by atoms with Crippen LogP contribution in [0.1, 0.15) is 43.9 Å². The molecule has 0 spiro atoms. The van der Waals surface area contributed by atoms with Crippen LogP contribution in [-0.2, 0) is 4.79 Å². The van der Waals surface area contributed by atoms with Crippen molar-refractivity contribution in [3.8, 4) is 11.3 Å². The summed E-state index contributed by atoms with van der Waals surface area (Å²) in [5.74, 6) is 1.13. The van der Waals surface area contributed by atoms with E-state index in [1.54, 1.807) is 0 Å². The number of aromatic nitrogens is 2. The lowest BCUT2D eigenvalue weighted by atomic mass is 9.91. The second kappa shape index (κ2) is 7.90. The van der Waals surface area contributed by atoms with E-state index in [9.17, 15) is 4.79 Å². The van der Waals surface area contributed by atoms with E-state index in [0.29, 0.717) is 6.42 Å². The molecule has 0 aliphatic carbocycles. The Labute approximate surface area is 168 Å². The first-order valence-corrected chi connectivity index (χ1v) is 10.1. The molecule has 0 atom stereocenters. The van der Waals surface area contributed by atoms with Crippen molar-refractivity contribution in [2.75, 3.05) is 31.1 Å². The van der Waals surface area contributed by atoms with Crippen molar-refractivity contribution in [2.24, 2.45) is 5.41 Å². The molecule has 150 valence electrons. The number of hydrogen-bond acceptors (Lipinski definition) is 4. The van der Waals surface area contributed by atoms with E-state index in [-0.39, 0.29) is 11.3 Å². The Bertz CT molecular complexity index is 844. The molecule has 1 aliphatic heterocycles. The van der Waals surface area contributed by atoms with E-state index in [2.05, 4.69) is 74.8 Å². The number of nitrogens with zero attached hydrogens (tertiary/aromatic N) is 4. The molecule has 1 saturated heterocycles. The van der Waals surface area contributed by atoms with Gasteiger partial charge in [-0.3, -0.25) is 4.79 Å². The van der Waals surface area contributed by atoms with Crippen molar-refractivity contribution in [3.63, 3.8) is 0 Å². The fraction of sp³-hybridized carbons (Fsp3) is 0.522. The summed E-state index contributed by atoms with van der Waals surface area (Å²) < 4.78 is 0. The average Bonchev–Trinajstić information content (AvgIpc) is 2.64. The molecule has 1 aromatic carbocycles. The lowest BCUT2D eigenvalue weighted by Gasteiger charge is -2.36. The number of amides is 1. The highest BCUT2D eigenvalue weighted by Crippen LogP contribution is 2.26. The first-order valence-electron chi connectivity index (χ1n) is 10.1. The third-order valence-corrected chi connectivity index (χ3v) is 5.41. The molecule has 5 heteroatoms. The van der Waals surface area contributed by atoms with Gasteiger partial charge in [0.15, 0.2) is 5.82 Å². The van der Waals surface area contributed by atoms with E-state index < -0.39 is 0 Å². The van der Waals surface area contributed by atoms with Crippen LogP contribution in [0.3, 0.4) is 0 Å². The Hall–Kier alpha value is -2.43. The standard InChI is InChI=1S/C23H32N4O/c1-16-13-18(3)19(14-17(16)2)20-7-8-21(25-24-20)26-9-11-27(12-10-26)22(28)15-23(4,5)6/h7-8,13-14H,9-12,15H2,1-6H3. The topological polar surface area (TPSA) is 49.3 Å². The van der Waals surface area contributed by atoms with E-state index in [0.717, 1.165) is 43.3 Å². The maximum Gasteiger partial charge on any atom is 0.223 e. The van der Waals surface area contributed by atoms with E-state index in [4.69, 9.17) is 0 Å². The van der Waals surface area contributed by atoms with Crippen LogP contribution < -0.4 is 4.90 Å². The van der Waals surface area contributed by atoms with Crippen molar-refractivity contribution in [2.45, 2.75) is 48.0 Å². The van der Waals surface area contributed by atoms with Crippen LogP contribution in [0.4, 0.5) is 5.82 Å². The van der Waals surface area contributed by atoms with Crippen LogP contribution >= 0.6 is 0 Å². The molecule has 28 heavy (non-hydrogen) atoms. The summed E-state index contributed by atoms with van der Waals surface area (Å²) >= 11 is 0. The van der Waals surface area contributed by atoms with Gasteiger partial charge in [-0.2, -0.15) is 0 Å². The number of hydrogen-bond donors (Lipinski definition) is 0. The molecular formula is C23H32N4O. The van der Waals surface area contributed by atoms with Crippen molar-refractivity contribution in [1.82, 2.24) is 15.1 Å². The van der Waals surface area contributed by atoms with Gasteiger partial charge >= 0.3 is 0 Å². The number of carbonyl (C=O) groups excluding carboxylic acids is 1. The van der Waals surface area contributed by atoms with Gasteiger partial charge in [0, 0.05) is 38.2 Å². The first-order chi connectivity index (χ1) is 13.1. The molecule has 1 aliphatic rings. The van der Waals surface area contributed by atoms with Gasteiger partial charge in [0.05, 0.1) is 5.69 Å². The maximum absolute atomic E-state index is 12.4. The molecule has 0 radical (unpaired) electrons. The number of anilines is 1. The summed E-state index contributed by atoms with van der Waals surface area (Å²) in [4.78, 5) is 16.6. The molecule has 3 rings (SSSR count). The van der Waals surface area contributed by atoms with Crippen molar-refractivity contribution in [3.05, 3.63) is 41.0 Å². The normalized spacial score (nSPS) is 15.1. The molecule has 1 fully saturated rings. The predicted octanol–water partition coefficient (Wildman–Crippen LogP) is 4.15. The lowest BCUT2D eigenvalue weighted by molar-refractivity contribution is -0.133. The number of rotatable bonds is 3. The van der Waals surface area contributed by atoms with Crippen LogP contribution in [0.25, 0.3) is 11.3 Å². The van der Waals surface area contributed by atoms with Gasteiger partial charge in [0.2, 0.25) is 5.91 Å². The van der Waals surface area contributed by atoms with Crippen molar-refractivity contribution < 1.29 is 4.79 Å². The first kappa shape index (κ1) is 20.3. The summed E-state index contributed by atoms with van der Waals surface area (Å²) in [6.45, 7) is 15.8. The molecule has 0 saturated carbocycles. The Balaban J connectivity index is 1.66. The van der Waals surface area contributed by atoms with Gasteiger partial charge in [-0.05, 0) is 61.1 Å². The summed E-state index contributed by atoms with van der Waals surface area (Å²) in [7, 11) is 0. The third-order valence-electron chi connectivity index (χ3n) is 5.41. The molecule has 0 N–H and O–H groups in total. The predicted molar refractivity (Wildman–Crippen MR) is 115 cm³/mol. The summed E-state index contributed by atoms with van der Waals surface area (Å²) in [6.07, 6.45) is 0.594. The van der Waals surface area contributed by atoms with E-state index in [1.807, 2.05) is 11.0 Å². The fourth-order valence-corrected chi connectivity index (χ4v) is 3.62. The molecule has 5 nitrogen and oxygen atoms in total. The molecule has 2 aromatic rings. The monoisotopic (exact) mass is 380 g/mol. The zero-order valence-electron chi connectivity index (χ0n) is 18.0. The van der Waals surface area contributed by atoms with Crippen LogP contribution in [0.5, 0.6) is 0 Å². The molecule has 0 bridgehead atoms. The third kappa shape index (κ3) is 4.70. The minimum atomic E-state index is 0.0297. The second-order valence-electron chi connectivity index (χ2n) is 9.13. The van der Waals surface area contributed by atoms with Crippen LogP contribution in [0.2, 0.25) is 0 Å². The Morgan fingerprint density at radius 1 is 0.929 bits per heavy atom. The average molecular weight is 381 g/mol. The summed E-state index contributed by atoms with van der Waals surface area (Å²) in [6, 6.07) is 8.49. The zero-order valence-corrected chi connectivity index (χ0v) is 18.0. The highest BCUT2D eigenvalue weighted by molar-refractivity contribution is 5.77. The van der Waals surface area contributed by atoms with Gasteiger partial charge in [-0.15, -0.1) is 10.2 Å². The largest absolute Gasteiger partial charge is 0.352 e. The zero-order chi connectivity index (χ0) is 20.5. The molecule has 0 unspecified atom stereocenters. The number of carbonyl (C=O) groups is 1. The van der Waals surface area contributed by atoms with Crippen molar-refractivity contribution >= 4 is 11.7 Å². The highest BCUT2D eigenvalue weighted by atomic mass is 16.2. The summed E-state index contributed by atoms with van der Waals surface area (Å²) in [5, 5.41) is 8.96. The molecule has 1 aromatic heterocycles. The Morgan fingerprint density at radius 2 is 1.57 bits per heavy atom. The van der Waals surface area contributed by atoms with Crippen LogP contribution in [0.15, 0.2) is 24.3 Å². The molecule has 2 heterocycles. The van der Waals surface area contributed by atoms with Crippen molar-refractivity contribution in [1.29, 1.82) is 0 Å². The van der Waals surface area contributed by atoms with Gasteiger partial charge in [0.1, 0.15) is 0 Å². The molecular weight excluding hydrogens is 348 g/mol. The van der Waals surface area contributed by atoms with Crippen LogP contribution in [-0.4, -0.2) is 47.2 Å². The maximum atomic E-state index is 12.4. The SMILES string of the molecule is Cc1cc(C)c(-c2ccc(N3CCN(C(=O)CC(C)(C)C)CC3)nn2)cc1C. The quantitative estimate of drug-likeness (QED) is 0.802. The van der Waals surface area contributed by atoms with E-state index >= 15 is 0 Å². The van der Waals surface area contributed by atoms with Gasteiger partial charge in [-0.25, -0.2) is 0 Å². The summed E-state index contributed by atoms with van der Waals surface area (Å²) in [5.41, 5.74) is 5.86. The van der Waals surface area contributed by atoms with Crippen LogP contribution in [0, 0.1) is 26.2 Å². The minimum Gasteiger partial charge on any atom is -0.352 e. The second-order valence-corrected chi connectivity index (χ2v) is 9.13. The Morgan fingerprint density at radius 3 is 2.14 bits per heavy atom. The van der Waals surface area contributed by atoms with Gasteiger partial charge in [-0.1, -0.05) is 26.8 Å². The highest BCUT2D eigenvalue weighted by Gasteiger charge is 2.25. The molecule has 1 amide bonds. The van der Waals surface area contributed by atoms with Gasteiger partial charge in [0.25, 0.3) is 0 Å².